The second-order valence-corrected chi connectivity index (χ2v) is 6.75. The molecule has 3 atom stereocenters. The van der Waals surface area contributed by atoms with Crippen molar-refractivity contribution in [2.75, 3.05) is 0 Å². The van der Waals surface area contributed by atoms with Gasteiger partial charge in [0.1, 0.15) is 0 Å². The fourth-order valence-electron chi connectivity index (χ4n) is 4.20. The van der Waals surface area contributed by atoms with Gasteiger partial charge in [0.15, 0.2) is 5.78 Å². The quantitative estimate of drug-likeness (QED) is 0.813. The Morgan fingerprint density at radius 3 is 2.64 bits per heavy atom. The Labute approximate surface area is 132 Å². The molecule has 0 spiro atoms. The summed E-state index contributed by atoms with van der Waals surface area (Å²) in [5, 5.41) is 3.21. The summed E-state index contributed by atoms with van der Waals surface area (Å²) in [5.74, 6) is 1.82. The molecular weight excluding hydrogens is 274 g/mol. The fraction of sp³-hybridized carbons (Fsp3) is 0.579. The van der Waals surface area contributed by atoms with E-state index >= 15 is 0 Å². The third-order valence-electron chi connectivity index (χ3n) is 5.33. The summed E-state index contributed by atoms with van der Waals surface area (Å²) in [7, 11) is 0. The topological polar surface area (TPSA) is 46.2 Å². The van der Waals surface area contributed by atoms with Crippen LogP contribution in [0, 0.1) is 11.8 Å². The molecule has 2 saturated carbocycles. The number of carbonyl (C=O) groups is 2. The highest BCUT2D eigenvalue weighted by Gasteiger charge is 2.39. The van der Waals surface area contributed by atoms with Crippen LogP contribution in [-0.4, -0.2) is 17.7 Å². The lowest BCUT2D eigenvalue weighted by molar-refractivity contribution is -0.122. The van der Waals surface area contributed by atoms with Gasteiger partial charge in [0.2, 0.25) is 5.91 Å². The standard InChI is InChI=1S/C19H25NO2/c21-18(15-6-2-1-3-7-15)10-5-11-19(22)20-17-13-12-14-8-4-9-16(14)17/h1-3,6-7,14,16-17H,4-5,8-13H2,(H,20,22)/t14-,16-,17-/m1/s1. The van der Waals surface area contributed by atoms with Gasteiger partial charge in [-0.1, -0.05) is 43.2 Å². The first-order valence-electron chi connectivity index (χ1n) is 8.61. The Morgan fingerprint density at radius 2 is 1.82 bits per heavy atom. The number of hydrogen-bond acceptors (Lipinski definition) is 2. The Kier molecular flexibility index (Phi) is 4.91. The first-order chi connectivity index (χ1) is 10.7. The van der Waals surface area contributed by atoms with Crippen molar-refractivity contribution in [3.8, 4) is 0 Å². The van der Waals surface area contributed by atoms with Gasteiger partial charge in [-0.15, -0.1) is 0 Å². The average Bonchev–Trinajstić information content (AvgIpc) is 3.13. The van der Waals surface area contributed by atoms with E-state index in [9.17, 15) is 9.59 Å². The van der Waals surface area contributed by atoms with E-state index in [2.05, 4.69) is 5.32 Å². The van der Waals surface area contributed by atoms with Crippen LogP contribution in [0.25, 0.3) is 0 Å². The van der Waals surface area contributed by atoms with Crippen molar-refractivity contribution in [1.29, 1.82) is 0 Å². The second-order valence-electron chi connectivity index (χ2n) is 6.75. The molecule has 2 fully saturated rings. The zero-order valence-electron chi connectivity index (χ0n) is 13.1. The van der Waals surface area contributed by atoms with Crippen LogP contribution in [0.1, 0.15) is 61.7 Å². The molecule has 1 amide bonds. The van der Waals surface area contributed by atoms with E-state index in [1.165, 1.54) is 25.7 Å². The molecule has 1 aromatic carbocycles. The van der Waals surface area contributed by atoms with Crippen molar-refractivity contribution in [2.24, 2.45) is 11.8 Å². The molecule has 0 heterocycles. The number of amides is 1. The van der Waals surface area contributed by atoms with Gasteiger partial charge >= 0.3 is 0 Å². The summed E-state index contributed by atoms with van der Waals surface area (Å²) in [5.41, 5.74) is 0.743. The third kappa shape index (κ3) is 3.57. The Morgan fingerprint density at radius 1 is 1.00 bits per heavy atom. The van der Waals surface area contributed by atoms with E-state index in [4.69, 9.17) is 0 Å². The van der Waals surface area contributed by atoms with Gasteiger partial charge in [0.05, 0.1) is 0 Å². The van der Waals surface area contributed by atoms with E-state index in [-0.39, 0.29) is 11.7 Å². The minimum Gasteiger partial charge on any atom is -0.353 e. The summed E-state index contributed by atoms with van der Waals surface area (Å²) in [6.07, 6.45) is 7.94. The van der Waals surface area contributed by atoms with Gasteiger partial charge in [-0.2, -0.15) is 0 Å². The molecule has 118 valence electrons. The van der Waals surface area contributed by atoms with E-state index < -0.39 is 0 Å². The highest BCUT2D eigenvalue weighted by molar-refractivity contribution is 5.96. The molecule has 3 rings (SSSR count). The number of rotatable bonds is 6. The maximum absolute atomic E-state index is 12.1. The predicted octanol–water partition coefficient (Wildman–Crippen LogP) is 3.73. The Bertz CT molecular complexity index is 525. The van der Waals surface area contributed by atoms with Gasteiger partial charge in [-0.3, -0.25) is 9.59 Å². The van der Waals surface area contributed by atoms with Gasteiger partial charge in [0.25, 0.3) is 0 Å². The smallest absolute Gasteiger partial charge is 0.220 e. The van der Waals surface area contributed by atoms with Crippen LogP contribution in [0.2, 0.25) is 0 Å². The molecule has 0 saturated heterocycles. The zero-order chi connectivity index (χ0) is 15.4. The summed E-state index contributed by atoms with van der Waals surface area (Å²) >= 11 is 0. The molecule has 2 aliphatic carbocycles. The molecule has 0 aliphatic heterocycles. The fourth-order valence-corrected chi connectivity index (χ4v) is 4.20. The van der Waals surface area contributed by atoms with Crippen molar-refractivity contribution in [1.82, 2.24) is 5.32 Å². The highest BCUT2D eigenvalue weighted by Crippen LogP contribution is 2.43. The molecule has 0 unspecified atom stereocenters. The number of Topliss-reactive ketones (excluding diaryl/α,β-unsaturated/α-hetero) is 1. The highest BCUT2D eigenvalue weighted by atomic mass is 16.1. The van der Waals surface area contributed by atoms with Crippen LogP contribution in [-0.2, 0) is 4.79 Å². The number of benzene rings is 1. The van der Waals surface area contributed by atoms with Gasteiger partial charge in [0, 0.05) is 24.4 Å². The molecule has 0 aromatic heterocycles. The van der Waals surface area contributed by atoms with Gasteiger partial charge in [-0.25, -0.2) is 0 Å². The molecule has 1 N–H and O–H groups in total. The SMILES string of the molecule is O=C(CCCC(=O)c1ccccc1)N[C@@H]1CC[C@H]2CCC[C@H]21. The van der Waals surface area contributed by atoms with Crippen LogP contribution in [0.3, 0.4) is 0 Å². The molecular formula is C19H25NO2. The van der Waals surface area contributed by atoms with Crippen LogP contribution in [0.4, 0.5) is 0 Å². The lowest BCUT2D eigenvalue weighted by Gasteiger charge is -2.20. The van der Waals surface area contributed by atoms with Crippen molar-refractivity contribution < 1.29 is 9.59 Å². The number of nitrogens with one attached hydrogen (secondary N) is 1. The molecule has 0 radical (unpaired) electrons. The van der Waals surface area contributed by atoms with Crippen molar-refractivity contribution in [3.63, 3.8) is 0 Å². The Balaban J connectivity index is 1.39. The van der Waals surface area contributed by atoms with E-state index in [1.807, 2.05) is 30.3 Å². The van der Waals surface area contributed by atoms with Crippen LogP contribution in [0.15, 0.2) is 30.3 Å². The normalized spacial score (nSPS) is 26.6. The predicted molar refractivity (Wildman–Crippen MR) is 86.6 cm³/mol. The monoisotopic (exact) mass is 299 g/mol. The largest absolute Gasteiger partial charge is 0.353 e. The maximum atomic E-state index is 12.1. The summed E-state index contributed by atoms with van der Waals surface area (Å²) in [6, 6.07) is 9.71. The molecule has 22 heavy (non-hydrogen) atoms. The lowest BCUT2D eigenvalue weighted by Crippen LogP contribution is -2.37. The zero-order valence-corrected chi connectivity index (χ0v) is 13.1. The van der Waals surface area contributed by atoms with E-state index in [0.29, 0.717) is 25.3 Å². The first-order valence-corrected chi connectivity index (χ1v) is 8.61. The first kappa shape index (κ1) is 15.3. The second kappa shape index (κ2) is 7.08. The Hall–Kier alpha value is -1.64. The van der Waals surface area contributed by atoms with Crippen LogP contribution in [0.5, 0.6) is 0 Å². The average molecular weight is 299 g/mol. The molecule has 0 bridgehead atoms. The molecule has 3 nitrogen and oxygen atoms in total. The number of fused-ring (bicyclic) bond motifs is 1. The van der Waals surface area contributed by atoms with Crippen LogP contribution < -0.4 is 5.32 Å². The number of hydrogen-bond donors (Lipinski definition) is 1. The maximum Gasteiger partial charge on any atom is 0.220 e. The van der Waals surface area contributed by atoms with Crippen molar-refractivity contribution >= 4 is 11.7 Å². The summed E-state index contributed by atoms with van der Waals surface area (Å²) in [4.78, 5) is 24.1. The minimum atomic E-state index is 0.124. The van der Waals surface area contributed by atoms with Crippen molar-refractivity contribution in [3.05, 3.63) is 35.9 Å². The van der Waals surface area contributed by atoms with Gasteiger partial charge < -0.3 is 5.32 Å². The molecule has 1 aromatic rings. The number of ketones is 1. The minimum absolute atomic E-state index is 0.124. The van der Waals surface area contributed by atoms with Gasteiger partial charge in [-0.05, 0) is 37.5 Å². The number of carbonyl (C=O) groups excluding carboxylic acids is 2. The van der Waals surface area contributed by atoms with E-state index in [0.717, 1.165) is 23.8 Å². The van der Waals surface area contributed by atoms with E-state index in [1.54, 1.807) is 0 Å². The molecule has 3 heteroatoms. The van der Waals surface area contributed by atoms with Crippen molar-refractivity contribution in [2.45, 2.75) is 57.4 Å². The van der Waals surface area contributed by atoms with Crippen LogP contribution >= 0.6 is 0 Å². The summed E-state index contributed by atoms with van der Waals surface area (Å²) in [6.45, 7) is 0. The lowest BCUT2D eigenvalue weighted by atomic mass is 9.97. The summed E-state index contributed by atoms with van der Waals surface area (Å²) < 4.78 is 0. The third-order valence-corrected chi connectivity index (χ3v) is 5.33. The molecule has 2 aliphatic rings.